The van der Waals surface area contributed by atoms with E-state index in [-0.39, 0.29) is 5.91 Å². The lowest BCUT2D eigenvalue weighted by Crippen LogP contribution is -2.30. The minimum Gasteiger partial charge on any atom is -0.381 e. The first kappa shape index (κ1) is 13.6. The first-order chi connectivity index (χ1) is 9.70. The van der Waals surface area contributed by atoms with Crippen LogP contribution in [0.5, 0.6) is 0 Å². The molecule has 1 amide bonds. The number of hydrogen-bond donors (Lipinski definition) is 1. The number of benzene rings is 1. The highest BCUT2D eigenvalue weighted by atomic mass is 16.5. The number of nitrogens with one attached hydrogen (secondary N) is 1. The summed E-state index contributed by atoms with van der Waals surface area (Å²) in [5, 5.41) is 3.45. The number of fused-ring (bicyclic) bond motifs is 1. The molecule has 1 aromatic carbocycles. The normalized spacial score (nSPS) is 21.1. The van der Waals surface area contributed by atoms with E-state index in [1.165, 1.54) is 5.56 Å². The van der Waals surface area contributed by atoms with Crippen LogP contribution in [-0.4, -0.2) is 33.2 Å². The predicted molar refractivity (Wildman–Crippen MR) is 78.9 cm³/mol. The van der Waals surface area contributed by atoms with Crippen LogP contribution in [0.2, 0.25) is 0 Å². The number of nitrogens with zero attached hydrogens (tertiary/aromatic N) is 1. The molecule has 1 aromatic rings. The molecule has 2 aliphatic rings. The summed E-state index contributed by atoms with van der Waals surface area (Å²) >= 11 is 0. The number of likely N-dealkylation sites (N-methyl/N-ethyl adjacent to an activating group) is 1. The maximum Gasteiger partial charge on any atom is 0.231 e. The summed E-state index contributed by atoms with van der Waals surface area (Å²) in [6, 6.07) is 6.79. The van der Waals surface area contributed by atoms with Crippen LogP contribution in [0, 0.1) is 5.92 Å². The fourth-order valence-corrected chi connectivity index (χ4v) is 3.41. The minimum absolute atomic E-state index is 0.184. The second-order valence-electron chi connectivity index (χ2n) is 5.73. The molecule has 20 heavy (non-hydrogen) atoms. The summed E-state index contributed by atoms with van der Waals surface area (Å²) in [7, 11) is 3.87. The Morgan fingerprint density at radius 1 is 1.35 bits per heavy atom. The zero-order valence-corrected chi connectivity index (χ0v) is 12.2. The van der Waals surface area contributed by atoms with Crippen molar-refractivity contribution in [3.8, 4) is 0 Å². The monoisotopic (exact) mass is 274 g/mol. The van der Waals surface area contributed by atoms with Crippen molar-refractivity contribution in [2.24, 2.45) is 5.92 Å². The van der Waals surface area contributed by atoms with Crippen molar-refractivity contribution in [1.29, 1.82) is 0 Å². The van der Waals surface area contributed by atoms with E-state index in [0.717, 1.165) is 37.3 Å². The van der Waals surface area contributed by atoms with E-state index in [4.69, 9.17) is 4.74 Å². The molecule has 1 N–H and O–H groups in total. The molecule has 0 spiro atoms. The molecule has 0 radical (unpaired) electrons. The van der Waals surface area contributed by atoms with E-state index in [0.29, 0.717) is 18.4 Å². The van der Waals surface area contributed by atoms with Crippen molar-refractivity contribution in [1.82, 2.24) is 5.32 Å². The van der Waals surface area contributed by atoms with Crippen molar-refractivity contribution in [2.75, 3.05) is 32.2 Å². The van der Waals surface area contributed by atoms with Crippen LogP contribution in [0.15, 0.2) is 18.2 Å². The highest BCUT2D eigenvalue weighted by Crippen LogP contribution is 2.34. The summed E-state index contributed by atoms with van der Waals surface area (Å²) in [5.41, 5.74) is 3.50. The van der Waals surface area contributed by atoms with Crippen LogP contribution in [-0.2, 0) is 16.0 Å². The van der Waals surface area contributed by atoms with Gasteiger partial charge in [0.15, 0.2) is 0 Å². The summed E-state index contributed by atoms with van der Waals surface area (Å²) in [4.78, 5) is 13.5. The molecular weight excluding hydrogens is 252 g/mol. The lowest BCUT2D eigenvalue weighted by atomic mass is 9.86. The topological polar surface area (TPSA) is 41.6 Å². The Balaban J connectivity index is 1.86. The number of ether oxygens (including phenoxy) is 1. The Morgan fingerprint density at radius 2 is 2.10 bits per heavy atom. The van der Waals surface area contributed by atoms with Gasteiger partial charge in [0.2, 0.25) is 5.91 Å². The standard InChI is InChI=1S/C16H22N2O2/c1-17-16(11-5-7-20-8-6-11)12-3-4-14-13(9-12)10-15(19)18(14)2/h3-4,9,11,16-17H,5-8,10H2,1-2H3. The lowest BCUT2D eigenvalue weighted by Gasteiger charge is -2.30. The van der Waals surface area contributed by atoms with E-state index in [9.17, 15) is 4.79 Å². The zero-order chi connectivity index (χ0) is 14.1. The van der Waals surface area contributed by atoms with E-state index in [1.807, 2.05) is 14.1 Å². The molecule has 0 aliphatic carbocycles. The van der Waals surface area contributed by atoms with Crippen LogP contribution in [0.25, 0.3) is 0 Å². The van der Waals surface area contributed by atoms with Crippen molar-refractivity contribution in [3.05, 3.63) is 29.3 Å². The van der Waals surface area contributed by atoms with Crippen molar-refractivity contribution in [3.63, 3.8) is 0 Å². The summed E-state index contributed by atoms with van der Waals surface area (Å²) in [6.07, 6.45) is 2.73. The number of carbonyl (C=O) groups is 1. The summed E-state index contributed by atoms with van der Waals surface area (Å²) < 4.78 is 5.45. The second-order valence-corrected chi connectivity index (χ2v) is 5.73. The third-order valence-corrected chi connectivity index (χ3v) is 4.59. The minimum atomic E-state index is 0.184. The Hall–Kier alpha value is -1.39. The highest BCUT2D eigenvalue weighted by Gasteiger charge is 2.28. The van der Waals surface area contributed by atoms with Crippen LogP contribution >= 0.6 is 0 Å². The molecular formula is C16H22N2O2. The molecule has 4 heteroatoms. The van der Waals surface area contributed by atoms with Gasteiger partial charge in [0.25, 0.3) is 0 Å². The highest BCUT2D eigenvalue weighted by molar-refractivity contribution is 6.00. The Kier molecular flexibility index (Phi) is 3.76. The Labute approximate surface area is 120 Å². The molecule has 108 valence electrons. The van der Waals surface area contributed by atoms with Gasteiger partial charge in [-0.1, -0.05) is 12.1 Å². The van der Waals surface area contributed by atoms with Crippen LogP contribution < -0.4 is 10.2 Å². The number of carbonyl (C=O) groups excluding carboxylic acids is 1. The average molecular weight is 274 g/mol. The first-order valence-electron chi connectivity index (χ1n) is 7.35. The van der Waals surface area contributed by atoms with Gasteiger partial charge in [-0.3, -0.25) is 4.79 Å². The molecule has 2 aliphatic heterocycles. The maximum atomic E-state index is 11.8. The Bertz CT molecular complexity index is 509. The molecule has 1 unspecified atom stereocenters. The molecule has 1 fully saturated rings. The third kappa shape index (κ3) is 2.34. The van der Waals surface area contributed by atoms with E-state index in [2.05, 4.69) is 23.5 Å². The largest absolute Gasteiger partial charge is 0.381 e. The molecule has 0 bridgehead atoms. The number of amides is 1. The fraction of sp³-hybridized carbons (Fsp3) is 0.562. The van der Waals surface area contributed by atoms with Crippen molar-refractivity contribution < 1.29 is 9.53 Å². The van der Waals surface area contributed by atoms with Gasteiger partial charge >= 0.3 is 0 Å². The Morgan fingerprint density at radius 3 is 2.80 bits per heavy atom. The van der Waals surface area contributed by atoms with Gasteiger partial charge in [-0.25, -0.2) is 0 Å². The molecule has 1 atom stereocenters. The van der Waals surface area contributed by atoms with Gasteiger partial charge in [-0.2, -0.15) is 0 Å². The number of hydrogen-bond acceptors (Lipinski definition) is 3. The molecule has 1 saturated heterocycles. The third-order valence-electron chi connectivity index (χ3n) is 4.59. The smallest absolute Gasteiger partial charge is 0.231 e. The van der Waals surface area contributed by atoms with Gasteiger partial charge < -0.3 is 15.0 Å². The van der Waals surface area contributed by atoms with E-state index < -0.39 is 0 Å². The van der Waals surface area contributed by atoms with Crippen LogP contribution in [0.3, 0.4) is 0 Å². The second kappa shape index (κ2) is 5.54. The van der Waals surface area contributed by atoms with Gasteiger partial charge in [-0.15, -0.1) is 0 Å². The van der Waals surface area contributed by atoms with Gasteiger partial charge in [-0.05, 0) is 43.0 Å². The van der Waals surface area contributed by atoms with Crippen LogP contribution in [0.1, 0.15) is 30.0 Å². The van der Waals surface area contributed by atoms with E-state index in [1.54, 1.807) is 4.90 Å². The SMILES string of the molecule is CNC(c1ccc2c(c1)CC(=O)N2C)C1CCOCC1. The van der Waals surface area contributed by atoms with Gasteiger partial charge in [0, 0.05) is 32.0 Å². The molecule has 3 rings (SSSR count). The molecule has 4 nitrogen and oxygen atoms in total. The van der Waals surface area contributed by atoms with Gasteiger partial charge in [0.05, 0.1) is 6.42 Å². The number of anilines is 1. The molecule has 0 saturated carbocycles. The maximum absolute atomic E-state index is 11.8. The average Bonchev–Trinajstić information content (AvgIpc) is 2.76. The number of rotatable bonds is 3. The zero-order valence-electron chi connectivity index (χ0n) is 12.2. The lowest BCUT2D eigenvalue weighted by molar-refractivity contribution is -0.117. The molecule has 0 aromatic heterocycles. The predicted octanol–water partition coefficient (Wildman–Crippen LogP) is 1.89. The molecule has 2 heterocycles. The summed E-state index contributed by atoms with van der Waals surface area (Å²) in [6.45, 7) is 1.71. The van der Waals surface area contributed by atoms with Crippen molar-refractivity contribution in [2.45, 2.75) is 25.3 Å². The van der Waals surface area contributed by atoms with Gasteiger partial charge in [0.1, 0.15) is 0 Å². The first-order valence-corrected chi connectivity index (χ1v) is 7.35. The quantitative estimate of drug-likeness (QED) is 0.915. The van der Waals surface area contributed by atoms with Crippen LogP contribution in [0.4, 0.5) is 5.69 Å². The van der Waals surface area contributed by atoms with Crippen molar-refractivity contribution >= 4 is 11.6 Å². The van der Waals surface area contributed by atoms with E-state index >= 15 is 0 Å². The summed E-state index contributed by atoms with van der Waals surface area (Å²) in [5.74, 6) is 0.797. The fourth-order valence-electron chi connectivity index (χ4n) is 3.41.